The van der Waals surface area contributed by atoms with Crippen molar-refractivity contribution in [3.05, 3.63) is 24.4 Å². The van der Waals surface area contributed by atoms with Gasteiger partial charge in [-0.15, -0.1) is 0 Å². The van der Waals surface area contributed by atoms with E-state index in [1.807, 2.05) is 6.20 Å². The van der Waals surface area contributed by atoms with Crippen LogP contribution in [0.2, 0.25) is 0 Å². The predicted molar refractivity (Wildman–Crippen MR) is 82.1 cm³/mol. The zero-order valence-electron chi connectivity index (χ0n) is 12.7. The first kappa shape index (κ1) is 13.5. The summed E-state index contributed by atoms with van der Waals surface area (Å²) in [6.45, 7) is 7.53. The van der Waals surface area contributed by atoms with Gasteiger partial charge in [0.1, 0.15) is 5.75 Å². The Balaban J connectivity index is 1.72. The number of aromatic nitrogens is 2. The van der Waals surface area contributed by atoms with Gasteiger partial charge in [0, 0.05) is 5.39 Å². The van der Waals surface area contributed by atoms with Crippen LogP contribution in [0.25, 0.3) is 10.9 Å². The van der Waals surface area contributed by atoms with E-state index in [1.165, 1.54) is 23.7 Å². The Morgan fingerprint density at radius 3 is 2.85 bits per heavy atom. The third-order valence-corrected chi connectivity index (χ3v) is 4.23. The van der Waals surface area contributed by atoms with Gasteiger partial charge in [0.05, 0.1) is 24.4 Å². The van der Waals surface area contributed by atoms with Crippen molar-refractivity contribution in [3.8, 4) is 5.75 Å². The van der Waals surface area contributed by atoms with Gasteiger partial charge in [0.25, 0.3) is 0 Å². The van der Waals surface area contributed by atoms with E-state index in [1.54, 1.807) is 0 Å². The summed E-state index contributed by atoms with van der Waals surface area (Å²) in [5.41, 5.74) is 1.23. The van der Waals surface area contributed by atoms with Gasteiger partial charge in [-0.1, -0.05) is 20.8 Å². The SMILES string of the molecule is CC(C)CCOc1ccc2c(cnn2C2CC(C)C2)c1. The van der Waals surface area contributed by atoms with Crippen LogP contribution in [0.5, 0.6) is 5.75 Å². The second-order valence-electron chi connectivity index (χ2n) is 6.57. The fourth-order valence-electron chi connectivity index (χ4n) is 2.88. The summed E-state index contributed by atoms with van der Waals surface area (Å²) in [5, 5.41) is 5.75. The van der Waals surface area contributed by atoms with Crippen molar-refractivity contribution in [2.75, 3.05) is 6.61 Å². The second kappa shape index (κ2) is 5.47. The highest BCUT2D eigenvalue weighted by Crippen LogP contribution is 2.38. The van der Waals surface area contributed by atoms with E-state index < -0.39 is 0 Å². The molecule has 1 aliphatic rings. The molecule has 3 heteroatoms. The summed E-state index contributed by atoms with van der Waals surface area (Å²) in [6.07, 6.45) is 5.57. The zero-order chi connectivity index (χ0) is 14.1. The Morgan fingerprint density at radius 1 is 1.35 bits per heavy atom. The third-order valence-electron chi connectivity index (χ3n) is 4.23. The minimum atomic E-state index is 0.593. The Morgan fingerprint density at radius 2 is 2.15 bits per heavy atom. The molecule has 1 heterocycles. The van der Waals surface area contributed by atoms with Crippen LogP contribution in [0.1, 0.15) is 46.1 Å². The number of ether oxygens (including phenoxy) is 1. The summed E-state index contributed by atoms with van der Waals surface area (Å²) in [7, 11) is 0. The van der Waals surface area contributed by atoms with Crippen molar-refractivity contribution >= 4 is 10.9 Å². The molecule has 1 aromatic carbocycles. The van der Waals surface area contributed by atoms with Crippen molar-refractivity contribution in [1.82, 2.24) is 9.78 Å². The van der Waals surface area contributed by atoms with Gasteiger partial charge in [-0.25, -0.2) is 0 Å². The van der Waals surface area contributed by atoms with Crippen LogP contribution >= 0.6 is 0 Å². The molecule has 108 valence electrons. The fraction of sp³-hybridized carbons (Fsp3) is 0.588. The average Bonchev–Trinajstić information content (AvgIpc) is 2.77. The van der Waals surface area contributed by atoms with Crippen molar-refractivity contribution in [3.63, 3.8) is 0 Å². The highest BCUT2D eigenvalue weighted by molar-refractivity contribution is 5.80. The fourth-order valence-corrected chi connectivity index (χ4v) is 2.88. The molecule has 1 saturated carbocycles. The van der Waals surface area contributed by atoms with Gasteiger partial charge < -0.3 is 4.74 Å². The molecule has 0 N–H and O–H groups in total. The number of hydrogen-bond acceptors (Lipinski definition) is 2. The van der Waals surface area contributed by atoms with Crippen LogP contribution in [-0.4, -0.2) is 16.4 Å². The molecule has 0 saturated heterocycles. The Kier molecular flexibility index (Phi) is 3.68. The van der Waals surface area contributed by atoms with E-state index in [0.717, 1.165) is 24.7 Å². The topological polar surface area (TPSA) is 27.1 Å². The van der Waals surface area contributed by atoms with Crippen LogP contribution in [-0.2, 0) is 0 Å². The van der Waals surface area contributed by atoms with E-state index in [2.05, 4.69) is 48.8 Å². The average molecular weight is 272 g/mol. The minimum Gasteiger partial charge on any atom is -0.494 e. The number of benzene rings is 1. The molecular formula is C17H24N2O. The predicted octanol–water partition coefficient (Wildman–Crippen LogP) is 4.43. The highest BCUT2D eigenvalue weighted by Gasteiger charge is 2.28. The van der Waals surface area contributed by atoms with Gasteiger partial charge in [-0.2, -0.15) is 5.10 Å². The second-order valence-corrected chi connectivity index (χ2v) is 6.57. The molecular weight excluding hydrogens is 248 g/mol. The number of rotatable bonds is 5. The van der Waals surface area contributed by atoms with Crippen LogP contribution < -0.4 is 4.74 Å². The molecule has 0 unspecified atom stereocenters. The molecule has 0 spiro atoms. The molecule has 0 radical (unpaired) electrons. The lowest BCUT2D eigenvalue weighted by atomic mass is 9.82. The van der Waals surface area contributed by atoms with Crippen molar-refractivity contribution in [2.24, 2.45) is 11.8 Å². The van der Waals surface area contributed by atoms with Gasteiger partial charge in [-0.3, -0.25) is 4.68 Å². The molecule has 0 amide bonds. The summed E-state index contributed by atoms with van der Waals surface area (Å²) in [6, 6.07) is 6.93. The molecule has 3 rings (SSSR count). The maximum absolute atomic E-state index is 5.81. The zero-order valence-corrected chi connectivity index (χ0v) is 12.7. The molecule has 1 aliphatic carbocycles. The number of hydrogen-bond donors (Lipinski definition) is 0. The van der Waals surface area contributed by atoms with E-state index in [9.17, 15) is 0 Å². The summed E-state index contributed by atoms with van der Waals surface area (Å²) in [5.74, 6) is 2.49. The lowest BCUT2D eigenvalue weighted by molar-refractivity contribution is 0.206. The van der Waals surface area contributed by atoms with E-state index in [-0.39, 0.29) is 0 Å². The lowest BCUT2D eigenvalue weighted by Crippen LogP contribution is -2.25. The normalized spacial score (nSPS) is 22.2. The Bertz CT molecular complexity index is 582. The monoisotopic (exact) mass is 272 g/mol. The van der Waals surface area contributed by atoms with E-state index in [0.29, 0.717) is 12.0 Å². The molecule has 1 aromatic heterocycles. The largest absolute Gasteiger partial charge is 0.494 e. The maximum Gasteiger partial charge on any atom is 0.120 e. The maximum atomic E-state index is 5.81. The molecule has 1 fully saturated rings. The molecule has 0 bridgehead atoms. The van der Waals surface area contributed by atoms with Crippen molar-refractivity contribution in [1.29, 1.82) is 0 Å². The lowest BCUT2D eigenvalue weighted by Gasteiger charge is -2.33. The molecule has 20 heavy (non-hydrogen) atoms. The van der Waals surface area contributed by atoms with Crippen molar-refractivity contribution in [2.45, 2.75) is 46.1 Å². The smallest absolute Gasteiger partial charge is 0.120 e. The minimum absolute atomic E-state index is 0.593. The summed E-state index contributed by atoms with van der Waals surface area (Å²) in [4.78, 5) is 0. The van der Waals surface area contributed by atoms with Crippen LogP contribution in [0.4, 0.5) is 0 Å². The first-order valence-corrected chi connectivity index (χ1v) is 7.73. The van der Waals surface area contributed by atoms with Gasteiger partial charge in [-0.05, 0) is 49.3 Å². The first-order valence-electron chi connectivity index (χ1n) is 7.73. The van der Waals surface area contributed by atoms with E-state index >= 15 is 0 Å². The van der Waals surface area contributed by atoms with Crippen LogP contribution in [0.15, 0.2) is 24.4 Å². The number of nitrogens with zero attached hydrogens (tertiary/aromatic N) is 2. The van der Waals surface area contributed by atoms with Gasteiger partial charge in [0.2, 0.25) is 0 Å². The molecule has 3 nitrogen and oxygen atoms in total. The summed E-state index contributed by atoms with van der Waals surface area (Å²) >= 11 is 0. The van der Waals surface area contributed by atoms with Gasteiger partial charge >= 0.3 is 0 Å². The Labute approximate surface area is 120 Å². The Hall–Kier alpha value is -1.51. The van der Waals surface area contributed by atoms with Crippen LogP contribution in [0.3, 0.4) is 0 Å². The van der Waals surface area contributed by atoms with E-state index in [4.69, 9.17) is 4.74 Å². The van der Waals surface area contributed by atoms with Crippen LogP contribution in [0, 0.1) is 11.8 Å². The first-order chi connectivity index (χ1) is 9.63. The highest BCUT2D eigenvalue weighted by atomic mass is 16.5. The molecule has 0 atom stereocenters. The number of fused-ring (bicyclic) bond motifs is 1. The standard InChI is InChI=1S/C17H24N2O/c1-12(2)6-7-20-16-4-5-17-14(10-16)11-18-19(17)15-8-13(3)9-15/h4-5,10-13,15H,6-9H2,1-3H3. The quantitative estimate of drug-likeness (QED) is 0.805. The van der Waals surface area contributed by atoms with Crippen molar-refractivity contribution < 1.29 is 4.74 Å². The van der Waals surface area contributed by atoms with Gasteiger partial charge in [0.15, 0.2) is 0 Å². The third kappa shape index (κ3) is 2.67. The molecule has 0 aliphatic heterocycles. The molecule has 2 aromatic rings. The summed E-state index contributed by atoms with van der Waals surface area (Å²) < 4.78 is 8.00.